The van der Waals surface area contributed by atoms with E-state index in [1.165, 1.54) is 0 Å². The highest BCUT2D eigenvalue weighted by Crippen LogP contribution is 2.38. The van der Waals surface area contributed by atoms with E-state index < -0.39 is 6.23 Å². The number of fused-ring (bicyclic) bond motifs is 1. The van der Waals surface area contributed by atoms with Crippen molar-refractivity contribution in [2.24, 2.45) is 0 Å². The number of hydrogen-bond donors (Lipinski definition) is 2. The third-order valence-electron chi connectivity index (χ3n) is 3.41. The van der Waals surface area contributed by atoms with E-state index in [1.54, 1.807) is 0 Å². The number of nitrogens with one attached hydrogen (secondary N) is 1. The number of rotatable bonds is 1. The van der Waals surface area contributed by atoms with Crippen LogP contribution in [0.15, 0.2) is 54.1 Å². The summed E-state index contributed by atoms with van der Waals surface area (Å²) in [6, 6.07) is 15.7. The zero-order valence-corrected chi connectivity index (χ0v) is 11.3. The first kappa shape index (κ1) is 12.3. The summed E-state index contributed by atoms with van der Waals surface area (Å²) in [6.45, 7) is 1.93. The van der Waals surface area contributed by atoms with Gasteiger partial charge in [0.2, 0.25) is 0 Å². The lowest BCUT2D eigenvalue weighted by Gasteiger charge is -2.28. The van der Waals surface area contributed by atoms with Gasteiger partial charge in [-0.25, -0.2) is 0 Å². The molecule has 0 spiro atoms. The summed E-state index contributed by atoms with van der Waals surface area (Å²) in [5, 5.41) is 13.9. The molecule has 2 nitrogen and oxygen atoms in total. The van der Waals surface area contributed by atoms with Gasteiger partial charge in [-0.2, -0.15) is 0 Å². The molecular weight excluding hydrogens is 258 g/mol. The van der Waals surface area contributed by atoms with Gasteiger partial charge < -0.3 is 10.4 Å². The molecule has 3 heteroatoms. The minimum Gasteiger partial charge on any atom is -0.370 e. The Bertz CT molecular complexity index is 649. The van der Waals surface area contributed by atoms with Crippen LogP contribution in [0.5, 0.6) is 0 Å². The summed E-state index contributed by atoms with van der Waals surface area (Å²) in [4.78, 5) is 0. The molecule has 0 aromatic heterocycles. The Kier molecular flexibility index (Phi) is 3.05. The van der Waals surface area contributed by atoms with E-state index in [4.69, 9.17) is 11.6 Å². The summed E-state index contributed by atoms with van der Waals surface area (Å²) < 4.78 is 0. The average molecular weight is 272 g/mol. The van der Waals surface area contributed by atoms with Gasteiger partial charge in [0.05, 0.1) is 0 Å². The number of halogens is 1. The van der Waals surface area contributed by atoms with Crippen LogP contribution in [0.4, 0.5) is 5.69 Å². The molecule has 0 radical (unpaired) electrons. The van der Waals surface area contributed by atoms with Crippen molar-refractivity contribution in [3.63, 3.8) is 0 Å². The zero-order chi connectivity index (χ0) is 13.4. The average Bonchev–Trinajstić information content (AvgIpc) is 2.42. The van der Waals surface area contributed by atoms with Gasteiger partial charge in [0, 0.05) is 16.3 Å². The summed E-state index contributed by atoms with van der Waals surface area (Å²) in [5.74, 6) is 0. The van der Waals surface area contributed by atoms with Crippen molar-refractivity contribution in [3.05, 3.63) is 70.3 Å². The fourth-order valence-electron chi connectivity index (χ4n) is 2.44. The molecule has 1 aliphatic heterocycles. The summed E-state index contributed by atoms with van der Waals surface area (Å²) in [7, 11) is 0. The van der Waals surface area contributed by atoms with Gasteiger partial charge >= 0.3 is 0 Å². The van der Waals surface area contributed by atoms with Crippen LogP contribution in [-0.2, 0) is 0 Å². The number of aliphatic hydroxyl groups excluding tert-OH is 1. The van der Waals surface area contributed by atoms with Crippen molar-refractivity contribution >= 4 is 22.9 Å². The smallest absolute Gasteiger partial charge is 0.147 e. The second-order valence-electron chi connectivity index (χ2n) is 4.66. The maximum Gasteiger partial charge on any atom is 0.147 e. The van der Waals surface area contributed by atoms with Crippen LogP contribution in [0, 0.1) is 0 Å². The maximum atomic E-state index is 10.1. The van der Waals surface area contributed by atoms with E-state index in [-0.39, 0.29) is 0 Å². The highest BCUT2D eigenvalue weighted by molar-refractivity contribution is 6.31. The topological polar surface area (TPSA) is 32.3 Å². The Balaban J connectivity index is 2.26. The van der Waals surface area contributed by atoms with Crippen LogP contribution in [0.2, 0.25) is 5.02 Å². The molecule has 1 unspecified atom stereocenters. The molecule has 0 amide bonds. The Morgan fingerprint density at radius 2 is 1.84 bits per heavy atom. The maximum absolute atomic E-state index is 10.1. The Hall–Kier alpha value is -1.77. The van der Waals surface area contributed by atoms with Gasteiger partial charge in [0.1, 0.15) is 6.23 Å². The van der Waals surface area contributed by atoms with Gasteiger partial charge in [0.15, 0.2) is 0 Å². The standard InChI is InChI=1S/C16H14ClNO/c1-10-15(11-5-3-2-4-6-11)13-9-12(17)7-8-14(13)18-16(10)19/h2-9,16,18-19H,1H3. The highest BCUT2D eigenvalue weighted by Gasteiger charge is 2.23. The third kappa shape index (κ3) is 2.14. The lowest BCUT2D eigenvalue weighted by molar-refractivity contribution is 0.239. The fourth-order valence-corrected chi connectivity index (χ4v) is 2.61. The van der Waals surface area contributed by atoms with Crippen molar-refractivity contribution in [3.8, 4) is 0 Å². The number of aliphatic hydroxyl groups is 1. The summed E-state index contributed by atoms with van der Waals surface area (Å²) >= 11 is 6.10. The van der Waals surface area contributed by atoms with Crippen molar-refractivity contribution in [1.82, 2.24) is 0 Å². The van der Waals surface area contributed by atoms with Gasteiger partial charge in [-0.3, -0.25) is 0 Å². The molecule has 2 N–H and O–H groups in total. The van der Waals surface area contributed by atoms with Crippen LogP contribution in [0.3, 0.4) is 0 Å². The number of benzene rings is 2. The predicted octanol–water partition coefficient (Wildman–Crippen LogP) is 3.91. The SMILES string of the molecule is CC1=C(c2ccccc2)c2cc(Cl)ccc2NC1O. The molecule has 0 aliphatic carbocycles. The van der Waals surface area contributed by atoms with Crippen molar-refractivity contribution in [1.29, 1.82) is 0 Å². The molecule has 3 rings (SSSR count). The lowest BCUT2D eigenvalue weighted by Crippen LogP contribution is -2.25. The van der Waals surface area contributed by atoms with E-state index in [0.717, 1.165) is 28.0 Å². The van der Waals surface area contributed by atoms with Crippen LogP contribution in [0.1, 0.15) is 18.1 Å². The van der Waals surface area contributed by atoms with Crippen LogP contribution in [0.25, 0.3) is 5.57 Å². The van der Waals surface area contributed by atoms with E-state index in [1.807, 2.05) is 55.5 Å². The second-order valence-corrected chi connectivity index (χ2v) is 5.10. The normalized spacial score (nSPS) is 17.9. The zero-order valence-electron chi connectivity index (χ0n) is 10.5. The molecule has 0 saturated heterocycles. The molecule has 2 aromatic carbocycles. The third-order valence-corrected chi connectivity index (χ3v) is 3.65. The minimum atomic E-state index is -0.663. The fraction of sp³-hybridized carbons (Fsp3) is 0.125. The number of anilines is 1. The van der Waals surface area contributed by atoms with Crippen LogP contribution < -0.4 is 5.32 Å². The van der Waals surface area contributed by atoms with E-state index in [0.29, 0.717) is 5.02 Å². The molecule has 0 fully saturated rings. The Morgan fingerprint density at radius 1 is 1.11 bits per heavy atom. The van der Waals surface area contributed by atoms with E-state index in [2.05, 4.69) is 5.32 Å². The predicted molar refractivity (Wildman–Crippen MR) is 79.2 cm³/mol. The molecule has 19 heavy (non-hydrogen) atoms. The quantitative estimate of drug-likeness (QED) is 0.824. The monoisotopic (exact) mass is 271 g/mol. The first-order valence-corrected chi connectivity index (χ1v) is 6.55. The Labute approximate surface area is 117 Å². The lowest BCUT2D eigenvalue weighted by atomic mass is 9.89. The molecule has 96 valence electrons. The first-order valence-electron chi connectivity index (χ1n) is 6.17. The summed E-state index contributed by atoms with van der Waals surface area (Å²) in [5.41, 5.74) is 4.97. The van der Waals surface area contributed by atoms with Crippen molar-refractivity contribution < 1.29 is 5.11 Å². The van der Waals surface area contributed by atoms with Crippen molar-refractivity contribution in [2.45, 2.75) is 13.2 Å². The van der Waals surface area contributed by atoms with E-state index in [9.17, 15) is 5.11 Å². The van der Waals surface area contributed by atoms with Crippen LogP contribution in [-0.4, -0.2) is 11.3 Å². The van der Waals surface area contributed by atoms with Gasteiger partial charge in [0.25, 0.3) is 0 Å². The molecule has 1 heterocycles. The molecule has 0 saturated carbocycles. The second kappa shape index (κ2) is 4.72. The molecule has 1 aliphatic rings. The molecular formula is C16H14ClNO. The minimum absolute atomic E-state index is 0.663. The van der Waals surface area contributed by atoms with Crippen molar-refractivity contribution in [2.75, 3.05) is 5.32 Å². The van der Waals surface area contributed by atoms with E-state index >= 15 is 0 Å². The Morgan fingerprint density at radius 3 is 2.58 bits per heavy atom. The summed E-state index contributed by atoms with van der Waals surface area (Å²) in [6.07, 6.45) is -0.663. The molecule has 1 atom stereocenters. The first-order chi connectivity index (χ1) is 9.16. The van der Waals surface area contributed by atoms with Gasteiger partial charge in [-0.05, 0) is 41.8 Å². The molecule has 2 aromatic rings. The molecule has 0 bridgehead atoms. The highest BCUT2D eigenvalue weighted by atomic mass is 35.5. The largest absolute Gasteiger partial charge is 0.370 e. The van der Waals surface area contributed by atoms with Gasteiger partial charge in [-0.1, -0.05) is 41.9 Å². The van der Waals surface area contributed by atoms with Crippen LogP contribution >= 0.6 is 11.6 Å². The van der Waals surface area contributed by atoms with Gasteiger partial charge in [-0.15, -0.1) is 0 Å². The number of hydrogen-bond acceptors (Lipinski definition) is 2.